The van der Waals surface area contributed by atoms with Crippen molar-refractivity contribution < 1.29 is 9.53 Å². The zero-order valence-corrected chi connectivity index (χ0v) is 13.7. The summed E-state index contributed by atoms with van der Waals surface area (Å²) >= 11 is 0. The predicted molar refractivity (Wildman–Crippen MR) is 88.7 cm³/mol. The topological polar surface area (TPSA) is 55.6 Å². The molecule has 1 aromatic carbocycles. The molecule has 1 rings (SSSR count). The smallest absolute Gasteiger partial charge is 0.227 e. The predicted octanol–water partition coefficient (Wildman–Crippen LogP) is 2.61. The molecule has 2 unspecified atom stereocenters. The van der Waals surface area contributed by atoms with Crippen LogP contribution >= 0.6 is 12.4 Å². The highest BCUT2D eigenvalue weighted by Crippen LogP contribution is 2.15. The van der Waals surface area contributed by atoms with Crippen LogP contribution in [0.15, 0.2) is 36.9 Å². The number of nitrogens with zero attached hydrogens (tertiary/aromatic N) is 1. The lowest BCUT2D eigenvalue weighted by molar-refractivity contribution is -0.135. The second-order valence-electron chi connectivity index (χ2n) is 5.00. The molecular weight excluding hydrogens is 288 g/mol. The Morgan fingerprint density at radius 2 is 1.95 bits per heavy atom. The second-order valence-corrected chi connectivity index (χ2v) is 5.00. The van der Waals surface area contributed by atoms with Crippen molar-refractivity contribution in [1.29, 1.82) is 0 Å². The molecule has 0 saturated carbocycles. The highest BCUT2D eigenvalue weighted by molar-refractivity contribution is 5.85. The number of halogens is 1. The Bertz CT molecular complexity index is 446. The number of hydrogen-bond acceptors (Lipinski definition) is 3. The van der Waals surface area contributed by atoms with Crippen LogP contribution in [-0.2, 0) is 11.3 Å². The molecule has 0 aliphatic heterocycles. The summed E-state index contributed by atoms with van der Waals surface area (Å²) in [6, 6.07) is 7.53. The van der Waals surface area contributed by atoms with Gasteiger partial charge in [0, 0.05) is 19.1 Å². The number of methoxy groups -OCH3 is 1. The van der Waals surface area contributed by atoms with Gasteiger partial charge in [0.15, 0.2) is 0 Å². The molecule has 0 bridgehead atoms. The van der Waals surface area contributed by atoms with E-state index in [4.69, 9.17) is 10.5 Å². The molecule has 0 aromatic heterocycles. The van der Waals surface area contributed by atoms with Crippen LogP contribution in [0.1, 0.15) is 19.4 Å². The second kappa shape index (κ2) is 9.42. The third-order valence-corrected chi connectivity index (χ3v) is 3.37. The van der Waals surface area contributed by atoms with E-state index in [-0.39, 0.29) is 30.3 Å². The van der Waals surface area contributed by atoms with E-state index < -0.39 is 0 Å². The fourth-order valence-electron chi connectivity index (χ4n) is 1.85. The Morgan fingerprint density at radius 1 is 1.38 bits per heavy atom. The summed E-state index contributed by atoms with van der Waals surface area (Å²) in [6.45, 7) is 8.48. The van der Waals surface area contributed by atoms with Gasteiger partial charge < -0.3 is 15.4 Å². The maximum absolute atomic E-state index is 12.4. The highest BCUT2D eigenvalue weighted by Gasteiger charge is 2.22. The molecule has 0 radical (unpaired) electrons. The van der Waals surface area contributed by atoms with Crippen LogP contribution < -0.4 is 10.5 Å². The monoisotopic (exact) mass is 312 g/mol. The Balaban J connectivity index is 0.00000400. The summed E-state index contributed by atoms with van der Waals surface area (Å²) in [6.07, 6.45) is 1.73. The van der Waals surface area contributed by atoms with Crippen molar-refractivity contribution in [1.82, 2.24) is 4.90 Å². The molecule has 2 atom stereocenters. The molecule has 0 fully saturated rings. The SMILES string of the molecule is C=CCN(Cc1ccc(OC)cc1)C(=O)C(C)C(C)N.Cl. The minimum Gasteiger partial charge on any atom is -0.497 e. The molecule has 5 heteroatoms. The minimum atomic E-state index is -0.201. The van der Waals surface area contributed by atoms with Gasteiger partial charge in [-0.25, -0.2) is 0 Å². The Hall–Kier alpha value is -1.52. The fourth-order valence-corrected chi connectivity index (χ4v) is 1.85. The zero-order valence-electron chi connectivity index (χ0n) is 12.9. The van der Waals surface area contributed by atoms with Crippen molar-refractivity contribution in [2.75, 3.05) is 13.7 Å². The van der Waals surface area contributed by atoms with Gasteiger partial charge in [0.25, 0.3) is 0 Å². The largest absolute Gasteiger partial charge is 0.497 e. The van der Waals surface area contributed by atoms with E-state index in [1.807, 2.05) is 38.1 Å². The molecule has 2 N–H and O–H groups in total. The van der Waals surface area contributed by atoms with Gasteiger partial charge in [-0.1, -0.05) is 25.1 Å². The lowest BCUT2D eigenvalue weighted by atomic mass is 10.0. The van der Waals surface area contributed by atoms with E-state index in [9.17, 15) is 4.79 Å². The van der Waals surface area contributed by atoms with E-state index in [0.29, 0.717) is 13.1 Å². The van der Waals surface area contributed by atoms with Gasteiger partial charge in [-0.15, -0.1) is 19.0 Å². The van der Waals surface area contributed by atoms with Crippen LogP contribution in [-0.4, -0.2) is 30.5 Å². The minimum absolute atomic E-state index is 0. The van der Waals surface area contributed by atoms with Gasteiger partial charge in [0.05, 0.1) is 13.0 Å². The third-order valence-electron chi connectivity index (χ3n) is 3.37. The molecule has 1 amide bonds. The average molecular weight is 313 g/mol. The first-order chi connectivity index (χ1) is 9.49. The van der Waals surface area contributed by atoms with Gasteiger partial charge >= 0.3 is 0 Å². The normalized spacial score (nSPS) is 12.8. The molecular formula is C16H25ClN2O2. The van der Waals surface area contributed by atoms with Crippen molar-refractivity contribution in [3.63, 3.8) is 0 Å². The van der Waals surface area contributed by atoms with Crippen LogP contribution in [0, 0.1) is 5.92 Å². The van der Waals surface area contributed by atoms with Crippen molar-refractivity contribution in [3.05, 3.63) is 42.5 Å². The van der Waals surface area contributed by atoms with E-state index >= 15 is 0 Å². The van der Waals surface area contributed by atoms with E-state index in [0.717, 1.165) is 11.3 Å². The quantitative estimate of drug-likeness (QED) is 0.787. The summed E-state index contributed by atoms with van der Waals surface area (Å²) in [7, 11) is 1.63. The Labute approximate surface area is 133 Å². The van der Waals surface area contributed by atoms with Crippen LogP contribution in [0.2, 0.25) is 0 Å². The van der Waals surface area contributed by atoms with Gasteiger partial charge in [-0.3, -0.25) is 4.79 Å². The van der Waals surface area contributed by atoms with Crippen molar-refractivity contribution in [2.24, 2.45) is 11.7 Å². The lowest BCUT2D eigenvalue weighted by Crippen LogP contribution is -2.41. The van der Waals surface area contributed by atoms with Gasteiger partial charge in [-0.2, -0.15) is 0 Å². The standard InChI is InChI=1S/C16H24N2O2.ClH/c1-5-10-18(16(19)12(2)13(3)17)11-14-6-8-15(20-4)9-7-14;/h5-9,12-13H,1,10-11,17H2,2-4H3;1H. The number of rotatable bonds is 7. The fraction of sp³-hybridized carbons (Fsp3) is 0.438. The van der Waals surface area contributed by atoms with Gasteiger partial charge in [-0.05, 0) is 24.6 Å². The summed E-state index contributed by atoms with van der Waals surface area (Å²) in [5, 5.41) is 0. The molecule has 0 aliphatic rings. The van der Waals surface area contributed by atoms with Gasteiger partial charge in [0.2, 0.25) is 5.91 Å². The highest BCUT2D eigenvalue weighted by atomic mass is 35.5. The lowest BCUT2D eigenvalue weighted by Gasteiger charge is -2.26. The van der Waals surface area contributed by atoms with Crippen LogP contribution in [0.3, 0.4) is 0 Å². The molecule has 118 valence electrons. The number of nitrogens with two attached hydrogens (primary N) is 1. The molecule has 0 aliphatic carbocycles. The molecule has 4 nitrogen and oxygen atoms in total. The van der Waals surface area contributed by atoms with E-state index in [1.165, 1.54) is 0 Å². The Morgan fingerprint density at radius 3 is 2.38 bits per heavy atom. The first kappa shape index (κ1) is 19.5. The number of carbonyl (C=O) groups is 1. The van der Waals surface area contributed by atoms with Crippen molar-refractivity contribution in [2.45, 2.75) is 26.4 Å². The first-order valence-electron chi connectivity index (χ1n) is 6.77. The summed E-state index contributed by atoms with van der Waals surface area (Å²) in [5.41, 5.74) is 6.87. The zero-order chi connectivity index (χ0) is 15.1. The van der Waals surface area contributed by atoms with E-state index in [2.05, 4.69) is 6.58 Å². The molecule has 1 aromatic rings. The number of ether oxygens (including phenoxy) is 1. The molecule has 21 heavy (non-hydrogen) atoms. The van der Waals surface area contributed by atoms with Gasteiger partial charge in [0.1, 0.15) is 5.75 Å². The molecule has 0 saturated heterocycles. The summed E-state index contributed by atoms with van der Waals surface area (Å²) in [4.78, 5) is 14.1. The number of carbonyl (C=O) groups excluding carboxylic acids is 1. The maximum atomic E-state index is 12.4. The first-order valence-corrected chi connectivity index (χ1v) is 6.77. The summed E-state index contributed by atoms with van der Waals surface area (Å²) in [5.74, 6) is 0.656. The van der Waals surface area contributed by atoms with Crippen LogP contribution in [0.25, 0.3) is 0 Å². The molecule has 0 heterocycles. The molecule has 0 spiro atoms. The van der Waals surface area contributed by atoms with Crippen molar-refractivity contribution >= 4 is 18.3 Å². The van der Waals surface area contributed by atoms with Crippen LogP contribution in [0.4, 0.5) is 0 Å². The van der Waals surface area contributed by atoms with Crippen molar-refractivity contribution in [3.8, 4) is 5.75 Å². The number of amides is 1. The number of hydrogen-bond donors (Lipinski definition) is 1. The Kier molecular flexibility index (Phi) is 8.74. The van der Waals surface area contributed by atoms with Crippen LogP contribution in [0.5, 0.6) is 5.75 Å². The average Bonchev–Trinajstić information content (AvgIpc) is 2.46. The van der Waals surface area contributed by atoms with E-state index in [1.54, 1.807) is 18.1 Å². The number of benzene rings is 1. The summed E-state index contributed by atoms with van der Waals surface area (Å²) < 4.78 is 5.13. The maximum Gasteiger partial charge on any atom is 0.227 e. The third kappa shape index (κ3) is 5.78.